The summed E-state index contributed by atoms with van der Waals surface area (Å²) < 4.78 is 0. The monoisotopic (exact) mass is 342 g/mol. The van der Waals surface area contributed by atoms with Gasteiger partial charge in [0.2, 0.25) is 0 Å². The topological polar surface area (TPSA) is 66.4 Å². The smallest absolute Gasteiger partial charge is 0.261 e. The number of fused-ring (bicyclic) bond motifs is 1. The summed E-state index contributed by atoms with van der Waals surface area (Å²) in [4.78, 5) is 36.9. The zero-order chi connectivity index (χ0) is 16.7. The van der Waals surface area contributed by atoms with Gasteiger partial charge in [-0.3, -0.25) is 19.5 Å². The first kappa shape index (κ1) is 15.1. The lowest BCUT2D eigenvalue weighted by molar-refractivity contribution is 0.0561. The predicted octanol–water partition coefficient (Wildman–Crippen LogP) is 2.40. The lowest BCUT2D eigenvalue weighted by Crippen LogP contribution is -2.47. The van der Waals surface area contributed by atoms with Crippen LogP contribution in [0, 0.1) is 0 Å². The molecule has 0 bridgehead atoms. The third kappa shape index (κ3) is 2.43. The van der Waals surface area contributed by atoms with Crippen molar-refractivity contribution in [1.82, 2.24) is 14.9 Å². The molecule has 0 unspecified atom stereocenters. The van der Waals surface area contributed by atoms with Crippen molar-refractivity contribution in [2.45, 2.75) is 18.9 Å². The van der Waals surface area contributed by atoms with Gasteiger partial charge in [0.15, 0.2) is 0 Å². The Balaban J connectivity index is 1.49. The third-order valence-corrected chi connectivity index (χ3v) is 4.75. The zero-order valence-electron chi connectivity index (χ0n) is 12.9. The number of aromatic nitrogens is 2. The van der Waals surface area contributed by atoms with E-state index in [1.165, 1.54) is 11.1 Å². The molecule has 6 nitrogen and oxygen atoms in total. The van der Waals surface area contributed by atoms with Crippen LogP contribution in [0.3, 0.4) is 0 Å². The molecular formula is C17H15ClN4O2. The number of nitrogens with zero attached hydrogens (tertiary/aromatic N) is 4. The second-order valence-corrected chi connectivity index (χ2v) is 6.33. The molecule has 1 aromatic heterocycles. The number of carbonyl (C=O) groups excluding carboxylic acids is 2. The molecule has 122 valence electrons. The maximum Gasteiger partial charge on any atom is 0.261 e. The molecule has 0 aliphatic carbocycles. The minimum absolute atomic E-state index is 0.0826. The van der Waals surface area contributed by atoms with Crippen molar-refractivity contribution in [3.63, 3.8) is 0 Å². The van der Waals surface area contributed by atoms with Crippen LogP contribution in [0.15, 0.2) is 36.7 Å². The van der Waals surface area contributed by atoms with Crippen molar-refractivity contribution < 1.29 is 9.59 Å². The summed E-state index contributed by atoms with van der Waals surface area (Å²) in [5, 5.41) is 0.356. The summed E-state index contributed by atoms with van der Waals surface area (Å²) in [6, 6.07) is 6.92. The second-order valence-electron chi connectivity index (χ2n) is 5.94. The summed E-state index contributed by atoms with van der Waals surface area (Å²) in [6.45, 7) is 1.40. The highest BCUT2D eigenvalue weighted by Gasteiger charge is 2.40. The molecule has 2 aliphatic heterocycles. The van der Waals surface area contributed by atoms with Crippen molar-refractivity contribution in [2.75, 3.05) is 18.0 Å². The Morgan fingerprint density at radius 1 is 1.00 bits per heavy atom. The highest BCUT2D eigenvalue weighted by atomic mass is 35.5. The van der Waals surface area contributed by atoms with Crippen LogP contribution in [-0.4, -0.2) is 45.8 Å². The van der Waals surface area contributed by atoms with Crippen LogP contribution >= 0.6 is 11.6 Å². The van der Waals surface area contributed by atoms with Gasteiger partial charge in [-0.2, -0.15) is 0 Å². The third-order valence-electron chi connectivity index (χ3n) is 4.57. The Kier molecular flexibility index (Phi) is 3.69. The predicted molar refractivity (Wildman–Crippen MR) is 89.2 cm³/mol. The standard InChI is InChI=1S/C17H15ClN4O2/c18-14-9-19-10-15(20-14)21-7-5-11(6-8-21)22-16(23)12-3-1-2-4-13(12)17(22)24/h1-4,9-11H,5-8H2. The molecular weight excluding hydrogens is 328 g/mol. The average Bonchev–Trinajstić information content (AvgIpc) is 2.87. The van der Waals surface area contributed by atoms with Gasteiger partial charge in [-0.05, 0) is 25.0 Å². The fourth-order valence-electron chi connectivity index (χ4n) is 3.38. The van der Waals surface area contributed by atoms with Crippen LogP contribution in [0.25, 0.3) is 0 Å². The fourth-order valence-corrected chi connectivity index (χ4v) is 3.52. The van der Waals surface area contributed by atoms with Crippen molar-refractivity contribution >= 4 is 29.2 Å². The summed E-state index contributed by atoms with van der Waals surface area (Å²) in [5.74, 6) is 0.358. The van der Waals surface area contributed by atoms with Gasteiger partial charge in [-0.1, -0.05) is 23.7 Å². The second kappa shape index (κ2) is 5.87. The summed E-state index contributed by atoms with van der Waals surface area (Å²) in [7, 11) is 0. The SMILES string of the molecule is O=C1c2ccccc2C(=O)N1C1CCN(c2cncc(Cl)n2)CC1. The first-order chi connectivity index (χ1) is 11.6. The number of carbonyl (C=O) groups is 2. The Morgan fingerprint density at radius 3 is 2.21 bits per heavy atom. The highest BCUT2D eigenvalue weighted by molar-refractivity contribution is 6.29. The van der Waals surface area contributed by atoms with Crippen molar-refractivity contribution in [2.24, 2.45) is 0 Å². The van der Waals surface area contributed by atoms with E-state index in [4.69, 9.17) is 11.6 Å². The highest BCUT2D eigenvalue weighted by Crippen LogP contribution is 2.29. The van der Waals surface area contributed by atoms with Crippen molar-refractivity contribution in [3.05, 3.63) is 52.9 Å². The Labute approximate surface area is 144 Å². The molecule has 2 aromatic rings. The molecule has 7 heteroatoms. The maximum atomic E-state index is 12.6. The van der Waals surface area contributed by atoms with Gasteiger partial charge >= 0.3 is 0 Å². The molecule has 4 rings (SSSR count). The van der Waals surface area contributed by atoms with Gasteiger partial charge in [0.05, 0.1) is 23.5 Å². The molecule has 3 heterocycles. The number of anilines is 1. The molecule has 2 aliphatic rings. The first-order valence-electron chi connectivity index (χ1n) is 7.84. The lowest BCUT2D eigenvalue weighted by atomic mass is 10.0. The molecule has 1 saturated heterocycles. The molecule has 24 heavy (non-hydrogen) atoms. The number of halogens is 1. The zero-order valence-corrected chi connectivity index (χ0v) is 13.6. The summed E-state index contributed by atoms with van der Waals surface area (Å²) in [5.41, 5.74) is 1.01. The molecule has 0 atom stereocenters. The van der Waals surface area contributed by atoms with E-state index in [9.17, 15) is 9.59 Å². The minimum Gasteiger partial charge on any atom is -0.355 e. The van der Waals surface area contributed by atoms with Crippen molar-refractivity contribution in [3.8, 4) is 0 Å². The number of benzene rings is 1. The molecule has 2 amide bonds. The van der Waals surface area contributed by atoms with Crippen LogP contribution in [0.4, 0.5) is 5.82 Å². The average molecular weight is 343 g/mol. The van der Waals surface area contributed by atoms with E-state index >= 15 is 0 Å². The number of amides is 2. The Morgan fingerprint density at radius 2 is 1.62 bits per heavy atom. The lowest BCUT2D eigenvalue weighted by Gasteiger charge is -2.36. The molecule has 0 spiro atoms. The van der Waals surface area contributed by atoms with E-state index in [2.05, 4.69) is 14.9 Å². The summed E-state index contributed by atoms with van der Waals surface area (Å²) >= 11 is 5.89. The van der Waals surface area contributed by atoms with Gasteiger partial charge in [-0.25, -0.2) is 4.98 Å². The van der Waals surface area contributed by atoms with Crippen LogP contribution in [0.2, 0.25) is 5.15 Å². The molecule has 0 saturated carbocycles. The van der Waals surface area contributed by atoms with E-state index < -0.39 is 0 Å². The van der Waals surface area contributed by atoms with Crippen LogP contribution < -0.4 is 4.90 Å². The summed E-state index contributed by atoms with van der Waals surface area (Å²) in [6.07, 6.45) is 4.59. The Bertz CT molecular complexity index is 783. The van der Waals surface area contributed by atoms with E-state index in [0.717, 1.165) is 5.82 Å². The molecule has 0 N–H and O–H groups in total. The maximum absolute atomic E-state index is 12.6. The van der Waals surface area contributed by atoms with E-state index in [1.54, 1.807) is 30.5 Å². The molecule has 1 aromatic carbocycles. The largest absolute Gasteiger partial charge is 0.355 e. The van der Waals surface area contributed by atoms with Crippen LogP contribution in [-0.2, 0) is 0 Å². The number of hydrogen-bond acceptors (Lipinski definition) is 5. The van der Waals surface area contributed by atoms with E-state index in [0.29, 0.717) is 42.2 Å². The van der Waals surface area contributed by atoms with Gasteiger partial charge < -0.3 is 4.90 Å². The van der Waals surface area contributed by atoms with Crippen LogP contribution in [0.1, 0.15) is 33.6 Å². The van der Waals surface area contributed by atoms with Crippen molar-refractivity contribution in [1.29, 1.82) is 0 Å². The number of rotatable bonds is 2. The van der Waals surface area contributed by atoms with Gasteiger partial charge in [-0.15, -0.1) is 0 Å². The Hall–Kier alpha value is -2.47. The van der Waals surface area contributed by atoms with Crippen LogP contribution in [0.5, 0.6) is 0 Å². The van der Waals surface area contributed by atoms with E-state index in [-0.39, 0.29) is 17.9 Å². The van der Waals surface area contributed by atoms with Gasteiger partial charge in [0.25, 0.3) is 11.8 Å². The number of piperidine rings is 1. The number of imide groups is 1. The fraction of sp³-hybridized carbons (Fsp3) is 0.294. The normalized spacial score (nSPS) is 18.2. The number of hydrogen-bond donors (Lipinski definition) is 0. The van der Waals surface area contributed by atoms with E-state index in [1.807, 2.05) is 0 Å². The van der Waals surface area contributed by atoms with Gasteiger partial charge in [0.1, 0.15) is 11.0 Å². The molecule has 1 fully saturated rings. The first-order valence-corrected chi connectivity index (χ1v) is 8.22. The molecule has 0 radical (unpaired) electrons. The van der Waals surface area contributed by atoms with Gasteiger partial charge in [0, 0.05) is 19.1 Å². The quantitative estimate of drug-likeness (QED) is 0.784. The minimum atomic E-state index is -0.184.